The van der Waals surface area contributed by atoms with Gasteiger partial charge in [0.15, 0.2) is 0 Å². The van der Waals surface area contributed by atoms with Gasteiger partial charge in [-0.2, -0.15) is 0 Å². The molecule has 0 radical (unpaired) electrons. The monoisotopic (exact) mass is 347 g/mol. The third kappa shape index (κ3) is 3.34. The Labute approximate surface area is 149 Å². The van der Waals surface area contributed by atoms with E-state index in [1.807, 2.05) is 37.8 Å². The zero-order chi connectivity index (χ0) is 18.2. The molecule has 25 heavy (non-hydrogen) atoms. The lowest BCUT2D eigenvalue weighted by Gasteiger charge is -2.55. The van der Waals surface area contributed by atoms with Crippen molar-refractivity contribution in [2.24, 2.45) is 11.8 Å². The fourth-order valence-corrected chi connectivity index (χ4v) is 4.58. The summed E-state index contributed by atoms with van der Waals surface area (Å²) in [5.41, 5.74) is 0.0661. The molecule has 0 aromatic heterocycles. The van der Waals surface area contributed by atoms with Crippen LogP contribution in [0.15, 0.2) is 24.3 Å². The van der Waals surface area contributed by atoms with Crippen molar-refractivity contribution in [1.82, 2.24) is 4.90 Å². The molecule has 1 aromatic rings. The highest BCUT2D eigenvalue weighted by Gasteiger charge is 2.54. The molecule has 1 saturated heterocycles. The average Bonchev–Trinajstić information content (AvgIpc) is 2.51. The molecular weight excluding hydrogens is 318 g/mol. The highest BCUT2D eigenvalue weighted by Crippen LogP contribution is 2.52. The molecule has 1 aromatic carbocycles. The molecule has 3 rings (SSSR count). The minimum absolute atomic E-state index is 0.194. The number of rotatable bonds is 2. The molecule has 3 atom stereocenters. The zero-order valence-electron chi connectivity index (χ0n) is 15.6. The summed E-state index contributed by atoms with van der Waals surface area (Å²) in [7, 11) is 1.75. The lowest BCUT2D eigenvalue weighted by molar-refractivity contribution is -0.166. The fraction of sp³-hybridized carbons (Fsp3) is 0.650. The summed E-state index contributed by atoms with van der Waals surface area (Å²) in [6.07, 6.45) is 2.89. The van der Waals surface area contributed by atoms with Gasteiger partial charge in [0.05, 0.1) is 0 Å². The van der Waals surface area contributed by atoms with Crippen LogP contribution in [0.3, 0.4) is 0 Å². The third-order valence-electron chi connectivity index (χ3n) is 5.49. The van der Waals surface area contributed by atoms with E-state index in [-0.39, 0.29) is 23.7 Å². The standard InChI is InChI=1S/C20H29NO4/c1-19(2,3)25-18(23)21-12-15-8-5-9-16(13-21)20(15,24-4)14-7-6-10-17(22)11-14/h6-7,10-11,15-16,22H,5,8-9,12-13H2,1-4H3/t15-,16+,20?. The number of hydrogen-bond acceptors (Lipinski definition) is 4. The highest BCUT2D eigenvalue weighted by molar-refractivity contribution is 5.68. The Hall–Kier alpha value is -1.75. The Morgan fingerprint density at radius 2 is 1.88 bits per heavy atom. The number of methoxy groups -OCH3 is 1. The van der Waals surface area contributed by atoms with Crippen LogP contribution in [0, 0.1) is 11.8 Å². The molecule has 2 bridgehead atoms. The second-order valence-corrected chi connectivity index (χ2v) is 8.26. The maximum atomic E-state index is 12.6. The number of nitrogens with zero attached hydrogens (tertiary/aromatic N) is 1. The molecule has 5 nitrogen and oxygen atoms in total. The van der Waals surface area contributed by atoms with Crippen molar-refractivity contribution in [3.8, 4) is 5.75 Å². The van der Waals surface area contributed by atoms with E-state index in [0.717, 1.165) is 24.8 Å². The quantitative estimate of drug-likeness (QED) is 0.881. The summed E-state index contributed by atoms with van der Waals surface area (Å²) in [6.45, 7) is 6.91. The van der Waals surface area contributed by atoms with Crippen LogP contribution < -0.4 is 0 Å². The Bertz CT molecular complexity index is 623. The molecule has 2 fully saturated rings. The largest absolute Gasteiger partial charge is 0.508 e. The zero-order valence-corrected chi connectivity index (χ0v) is 15.6. The summed E-state index contributed by atoms with van der Waals surface area (Å²) in [6, 6.07) is 7.37. The first-order valence-electron chi connectivity index (χ1n) is 9.09. The molecule has 1 heterocycles. The highest BCUT2D eigenvalue weighted by atomic mass is 16.6. The summed E-state index contributed by atoms with van der Waals surface area (Å²) < 4.78 is 11.7. The van der Waals surface area contributed by atoms with Gasteiger partial charge in [0, 0.05) is 32.0 Å². The number of ether oxygens (including phenoxy) is 2. The van der Waals surface area contributed by atoms with Gasteiger partial charge in [-0.25, -0.2) is 4.79 Å². The first-order valence-corrected chi connectivity index (χ1v) is 9.09. The van der Waals surface area contributed by atoms with Crippen molar-refractivity contribution in [2.75, 3.05) is 20.2 Å². The molecule has 1 saturated carbocycles. The number of hydrogen-bond donors (Lipinski definition) is 1. The van der Waals surface area contributed by atoms with E-state index in [9.17, 15) is 9.90 Å². The summed E-state index contributed by atoms with van der Waals surface area (Å²) in [4.78, 5) is 14.4. The average molecular weight is 347 g/mol. The van der Waals surface area contributed by atoms with Gasteiger partial charge in [-0.05, 0) is 51.3 Å². The van der Waals surface area contributed by atoms with Crippen LogP contribution in [0.25, 0.3) is 0 Å². The van der Waals surface area contributed by atoms with Crippen molar-refractivity contribution in [2.45, 2.75) is 51.2 Å². The van der Waals surface area contributed by atoms with E-state index in [2.05, 4.69) is 0 Å². The summed E-state index contributed by atoms with van der Waals surface area (Å²) in [5, 5.41) is 9.94. The SMILES string of the molecule is COC1(c2cccc(O)c2)[C@@H]2CCC[C@H]1CN(C(=O)OC(C)(C)C)C2. The molecule has 1 N–H and O–H groups in total. The van der Waals surface area contributed by atoms with Gasteiger partial charge < -0.3 is 19.5 Å². The number of carbonyl (C=O) groups is 1. The predicted octanol–water partition coefficient (Wildman–Crippen LogP) is 3.90. The number of likely N-dealkylation sites (tertiary alicyclic amines) is 1. The van der Waals surface area contributed by atoms with Crippen LogP contribution in [-0.2, 0) is 15.1 Å². The van der Waals surface area contributed by atoms with Gasteiger partial charge >= 0.3 is 6.09 Å². The first-order chi connectivity index (χ1) is 11.8. The molecule has 1 aliphatic heterocycles. The molecule has 1 amide bonds. The van der Waals surface area contributed by atoms with Crippen molar-refractivity contribution < 1.29 is 19.4 Å². The number of amides is 1. The van der Waals surface area contributed by atoms with E-state index >= 15 is 0 Å². The first kappa shape index (κ1) is 18.1. The minimum Gasteiger partial charge on any atom is -0.508 e. The van der Waals surface area contributed by atoms with Crippen LogP contribution in [0.2, 0.25) is 0 Å². The lowest BCUT2D eigenvalue weighted by atomic mass is 9.62. The van der Waals surface area contributed by atoms with Crippen LogP contribution in [-0.4, -0.2) is 41.9 Å². The summed E-state index contributed by atoms with van der Waals surface area (Å²) in [5.74, 6) is 0.639. The van der Waals surface area contributed by atoms with Crippen molar-refractivity contribution >= 4 is 6.09 Å². The molecular formula is C20H29NO4. The van der Waals surface area contributed by atoms with E-state index in [1.54, 1.807) is 19.2 Å². The van der Waals surface area contributed by atoms with Gasteiger partial charge in [0.25, 0.3) is 0 Å². The maximum Gasteiger partial charge on any atom is 0.410 e. The normalized spacial score (nSPS) is 29.4. The minimum atomic E-state index is -0.493. The van der Waals surface area contributed by atoms with Crippen molar-refractivity contribution in [1.29, 1.82) is 0 Å². The maximum absolute atomic E-state index is 12.6. The van der Waals surface area contributed by atoms with Crippen molar-refractivity contribution in [3.63, 3.8) is 0 Å². The number of fused-ring (bicyclic) bond motifs is 2. The number of benzene rings is 1. The molecule has 1 aliphatic carbocycles. The topological polar surface area (TPSA) is 59.0 Å². The van der Waals surface area contributed by atoms with Gasteiger partial charge in [-0.15, -0.1) is 0 Å². The van der Waals surface area contributed by atoms with Gasteiger partial charge in [-0.1, -0.05) is 18.6 Å². The number of aromatic hydroxyl groups is 1. The second-order valence-electron chi connectivity index (χ2n) is 8.26. The van der Waals surface area contributed by atoms with E-state index in [0.29, 0.717) is 13.1 Å². The number of carbonyl (C=O) groups excluding carboxylic acids is 1. The van der Waals surface area contributed by atoms with Crippen LogP contribution in [0.4, 0.5) is 4.79 Å². The van der Waals surface area contributed by atoms with Crippen LogP contribution in [0.1, 0.15) is 45.6 Å². The molecule has 5 heteroatoms. The molecule has 2 aliphatic rings. The van der Waals surface area contributed by atoms with Crippen LogP contribution in [0.5, 0.6) is 5.75 Å². The Morgan fingerprint density at radius 1 is 1.24 bits per heavy atom. The molecule has 0 spiro atoms. The second kappa shape index (κ2) is 6.52. The molecule has 1 unspecified atom stereocenters. The smallest absolute Gasteiger partial charge is 0.410 e. The summed E-state index contributed by atoms with van der Waals surface area (Å²) >= 11 is 0. The fourth-order valence-electron chi connectivity index (χ4n) is 4.58. The number of piperidine rings is 1. The third-order valence-corrected chi connectivity index (χ3v) is 5.49. The van der Waals surface area contributed by atoms with Gasteiger partial charge in [0.1, 0.15) is 17.0 Å². The van der Waals surface area contributed by atoms with Crippen molar-refractivity contribution in [3.05, 3.63) is 29.8 Å². The molecule has 138 valence electrons. The van der Waals surface area contributed by atoms with Crippen LogP contribution >= 0.6 is 0 Å². The Morgan fingerprint density at radius 3 is 2.40 bits per heavy atom. The van der Waals surface area contributed by atoms with Gasteiger partial charge in [-0.3, -0.25) is 0 Å². The van der Waals surface area contributed by atoms with Gasteiger partial charge in [0.2, 0.25) is 0 Å². The van der Waals surface area contributed by atoms with E-state index < -0.39 is 11.2 Å². The van der Waals surface area contributed by atoms with E-state index in [4.69, 9.17) is 9.47 Å². The number of phenolic OH excluding ortho intramolecular Hbond substituents is 1. The predicted molar refractivity (Wildman–Crippen MR) is 95.4 cm³/mol. The Balaban J connectivity index is 1.90. The van der Waals surface area contributed by atoms with E-state index in [1.165, 1.54) is 0 Å². The number of phenols is 1. The lowest BCUT2D eigenvalue weighted by Crippen LogP contribution is -2.60. The Kier molecular flexibility index (Phi) is 4.71.